The van der Waals surface area contributed by atoms with Crippen molar-refractivity contribution < 1.29 is 14.3 Å². The molecule has 0 radical (unpaired) electrons. The summed E-state index contributed by atoms with van der Waals surface area (Å²) in [4.78, 5) is 24.2. The van der Waals surface area contributed by atoms with Gasteiger partial charge in [-0.1, -0.05) is 35.5 Å². The van der Waals surface area contributed by atoms with Crippen molar-refractivity contribution in [1.29, 1.82) is 0 Å². The molecule has 1 aliphatic rings. The van der Waals surface area contributed by atoms with Crippen molar-refractivity contribution in [3.05, 3.63) is 59.1 Å². The zero-order chi connectivity index (χ0) is 19.9. The van der Waals surface area contributed by atoms with Crippen LogP contribution in [0.3, 0.4) is 0 Å². The Morgan fingerprint density at radius 1 is 1.29 bits per heavy atom. The Labute approximate surface area is 171 Å². The van der Waals surface area contributed by atoms with Crippen LogP contribution in [0, 0.1) is 0 Å². The largest absolute Gasteiger partial charge is 0.496 e. The van der Waals surface area contributed by atoms with Gasteiger partial charge in [0, 0.05) is 22.7 Å². The molecule has 1 saturated heterocycles. The smallest absolute Gasteiger partial charge is 0.240 e. The number of halogens is 1. The van der Waals surface area contributed by atoms with Crippen LogP contribution in [0.1, 0.15) is 12.0 Å². The van der Waals surface area contributed by atoms with Gasteiger partial charge in [0.1, 0.15) is 11.0 Å². The number of ether oxygens (including phenoxy) is 1. The predicted molar refractivity (Wildman–Crippen MR) is 112 cm³/mol. The molecule has 1 aliphatic heterocycles. The first-order valence-electron chi connectivity index (χ1n) is 8.32. The lowest BCUT2D eigenvalue weighted by Gasteiger charge is -2.07. The minimum atomic E-state index is -0.562. The number of amidine groups is 1. The Morgan fingerprint density at radius 3 is 2.79 bits per heavy atom. The third kappa shape index (κ3) is 5.34. The molecule has 2 N–H and O–H groups in total. The Balaban J connectivity index is 1.57. The summed E-state index contributed by atoms with van der Waals surface area (Å²) >= 11 is 6.99. The predicted octanol–water partition coefficient (Wildman–Crippen LogP) is 3.30. The van der Waals surface area contributed by atoms with Gasteiger partial charge in [-0.2, -0.15) is 5.10 Å². The van der Waals surface area contributed by atoms with E-state index in [0.29, 0.717) is 21.6 Å². The van der Waals surface area contributed by atoms with Crippen molar-refractivity contribution >= 4 is 52.2 Å². The van der Waals surface area contributed by atoms with Gasteiger partial charge in [0.05, 0.1) is 13.3 Å². The third-order valence-corrected chi connectivity index (χ3v) is 5.08. The van der Waals surface area contributed by atoms with Gasteiger partial charge in [-0.25, -0.2) is 0 Å². The molecule has 7 nitrogen and oxygen atoms in total. The summed E-state index contributed by atoms with van der Waals surface area (Å²) in [5, 5.41) is 13.7. The number of hydrogen-bond acceptors (Lipinski definition) is 6. The molecule has 0 aliphatic carbocycles. The van der Waals surface area contributed by atoms with E-state index in [1.807, 2.05) is 24.3 Å². The van der Waals surface area contributed by atoms with Crippen LogP contribution in [-0.2, 0) is 9.59 Å². The molecular formula is C19H17ClN4O3S. The second kappa shape index (κ2) is 9.38. The normalized spacial score (nSPS) is 17.7. The van der Waals surface area contributed by atoms with E-state index in [-0.39, 0.29) is 18.2 Å². The molecule has 2 aromatic rings. The molecule has 0 aromatic heterocycles. The Kier molecular flexibility index (Phi) is 6.67. The fourth-order valence-electron chi connectivity index (χ4n) is 2.42. The number of carbonyl (C=O) groups is 2. The first-order chi connectivity index (χ1) is 13.5. The summed E-state index contributed by atoms with van der Waals surface area (Å²) in [5.74, 6) is 0.127. The highest BCUT2D eigenvalue weighted by Gasteiger charge is 2.32. The molecule has 9 heteroatoms. The number of nitrogens with zero attached hydrogens (tertiary/aromatic N) is 2. The Morgan fingerprint density at radius 2 is 2.04 bits per heavy atom. The van der Waals surface area contributed by atoms with Crippen molar-refractivity contribution in [2.24, 2.45) is 10.2 Å². The number of methoxy groups -OCH3 is 1. The number of hydrogen-bond donors (Lipinski definition) is 2. The van der Waals surface area contributed by atoms with E-state index in [1.165, 1.54) is 11.8 Å². The van der Waals surface area contributed by atoms with E-state index in [2.05, 4.69) is 20.8 Å². The second-order valence-electron chi connectivity index (χ2n) is 5.75. The zero-order valence-electron chi connectivity index (χ0n) is 14.9. The van der Waals surface area contributed by atoms with E-state index in [4.69, 9.17) is 16.3 Å². The highest BCUT2D eigenvalue weighted by Crippen LogP contribution is 2.23. The average molecular weight is 417 g/mol. The number of carbonyl (C=O) groups excluding carboxylic acids is 2. The lowest BCUT2D eigenvalue weighted by atomic mass is 10.2. The van der Waals surface area contributed by atoms with Crippen LogP contribution in [0.5, 0.6) is 5.75 Å². The van der Waals surface area contributed by atoms with Crippen molar-refractivity contribution in [2.75, 3.05) is 12.4 Å². The first kappa shape index (κ1) is 19.9. The summed E-state index contributed by atoms with van der Waals surface area (Å²) in [6, 6.07) is 14.1. The molecule has 1 fully saturated rings. The van der Waals surface area contributed by atoms with Crippen LogP contribution in [0.15, 0.2) is 58.7 Å². The summed E-state index contributed by atoms with van der Waals surface area (Å²) in [5.41, 5.74) is 1.38. The number of benzene rings is 2. The molecular weight excluding hydrogens is 400 g/mol. The van der Waals surface area contributed by atoms with Gasteiger partial charge in [0.2, 0.25) is 11.8 Å². The molecule has 0 unspecified atom stereocenters. The fraction of sp³-hybridized carbons (Fsp3) is 0.158. The maximum absolute atomic E-state index is 12.2. The SMILES string of the molecule is COc1ccccc1/C=N\N=C1/NC(=O)[C@H](CC(=O)Nc2ccc(Cl)cc2)S1. The molecule has 0 spiro atoms. The number of rotatable bonds is 6. The van der Waals surface area contributed by atoms with Gasteiger partial charge in [0.25, 0.3) is 0 Å². The maximum Gasteiger partial charge on any atom is 0.240 e. The van der Waals surface area contributed by atoms with Gasteiger partial charge in [-0.15, -0.1) is 5.10 Å². The molecule has 1 heterocycles. The topological polar surface area (TPSA) is 92.2 Å². The minimum absolute atomic E-state index is 0.0222. The van der Waals surface area contributed by atoms with Crippen molar-refractivity contribution in [3.8, 4) is 5.75 Å². The van der Waals surface area contributed by atoms with Gasteiger partial charge in [0.15, 0.2) is 5.17 Å². The molecule has 0 bridgehead atoms. The standard InChI is InChI=1S/C19H17ClN4O3S/c1-27-15-5-3-2-4-12(15)11-21-24-19-23-18(26)16(28-19)10-17(25)22-14-8-6-13(20)7-9-14/h2-9,11,16H,10H2,1H3,(H,22,25)(H,23,24,26)/b21-11-/t16-/m0/s1. The highest BCUT2D eigenvalue weighted by atomic mass is 35.5. The number of nitrogens with one attached hydrogen (secondary N) is 2. The summed E-state index contributed by atoms with van der Waals surface area (Å²) in [6.45, 7) is 0. The van der Waals surface area contributed by atoms with Gasteiger partial charge in [-0.3, -0.25) is 9.59 Å². The fourth-order valence-corrected chi connectivity index (χ4v) is 3.47. The van der Waals surface area contributed by atoms with Crippen molar-refractivity contribution in [2.45, 2.75) is 11.7 Å². The van der Waals surface area contributed by atoms with Crippen molar-refractivity contribution in [3.63, 3.8) is 0 Å². The van der Waals surface area contributed by atoms with Crippen LogP contribution >= 0.6 is 23.4 Å². The summed E-state index contributed by atoms with van der Waals surface area (Å²) in [7, 11) is 1.57. The van der Waals surface area contributed by atoms with Crippen LogP contribution in [-0.4, -0.2) is 35.6 Å². The lowest BCUT2D eigenvalue weighted by molar-refractivity contribution is -0.122. The van der Waals surface area contributed by atoms with E-state index in [0.717, 1.165) is 5.56 Å². The number of amides is 2. The molecule has 28 heavy (non-hydrogen) atoms. The molecule has 3 rings (SSSR count). The summed E-state index contributed by atoms with van der Waals surface area (Å²) in [6.07, 6.45) is 1.56. The number of para-hydroxylation sites is 1. The van der Waals surface area contributed by atoms with Crippen LogP contribution in [0.25, 0.3) is 0 Å². The minimum Gasteiger partial charge on any atom is -0.496 e. The molecule has 2 amide bonds. The zero-order valence-corrected chi connectivity index (χ0v) is 16.5. The maximum atomic E-state index is 12.2. The monoisotopic (exact) mass is 416 g/mol. The average Bonchev–Trinajstić information content (AvgIpc) is 3.03. The molecule has 0 saturated carbocycles. The second-order valence-corrected chi connectivity index (χ2v) is 7.37. The summed E-state index contributed by atoms with van der Waals surface area (Å²) < 4.78 is 5.23. The Bertz CT molecular complexity index is 931. The third-order valence-electron chi connectivity index (χ3n) is 3.76. The lowest BCUT2D eigenvalue weighted by Crippen LogP contribution is -2.28. The van der Waals surface area contributed by atoms with Gasteiger partial charge in [-0.05, 0) is 36.4 Å². The van der Waals surface area contributed by atoms with E-state index in [9.17, 15) is 9.59 Å². The van der Waals surface area contributed by atoms with Crippen LogP contribution in [0.2, 0.25) is 5.02 Å². The molecule has 1 atom stereocenters. The molecule has 2 aromatic carbocycles. The van der Waals surface area contributed by atoms with Crippen LogP contribution in [0.4, 0.5) is 5.69 Å². The van der Waals surface area contributed by atoms with Crippen LogP contribution < -0.4 is 15.4 Å². The number of thioether (sulfide) groups is 1. The Hall–Kier alpha value is -2.84. The van der Waals surface area contributed by atoms with E-state index >= 15 is 0 Å². The first-order valence-corrected chi connectivity index (χ1v) is 9.58. The van der Waals surface area contributed by atoms with E-state index < -0.39 is 5.25 Å². The van der Waals surface area contributed by atoms with Crippen molar-refractivity contribution in [1.82, 2.24) is 5.32 Å². The quantitative estimate of drug-likeness (QED) is 0.558. The highest BCUT2D eigenvalue weighted by molar-refractivity contribution is 8.15. The van der Waals surface area contributed by atoms with Gasteiger partial charge >= 0.3 is 0 Å². The van der Waals surface area contributed by atoms with Gasteiger partial charge < -0.3 is 15.4 Å². The number of anilines is 1. The molecule has 144 valence electrons. The van der Waals surface area contributed by atoms with E-state index in [1.54, 1.807) is 37.6 Å².